The van der Waals surface area contributed by atoms with Gasteiger partial charge in [0.2, 0.25) is 5.88 Å². The van der Waals surface area contributed by atoms with Crippen LogP contribution in [0.25, 0.3) is 0 Å². The van der Waals surface area contributed by atoms with Crippen LogP contribution in [0.4, 0.5) is 0 Å². The van der Waals surface area contributed by atoms with Crippen molar-refractivity contribution in [2.45, 2.75) is 56.0 Å². The van der Waals surface area contributed by atoms with Gasteiger partial charge in [-0.25, -0.2) is 4.98 Å². The summed E-state index contributed by atoms with van der Waals surface area (Å²) >= 11 is 0. The van der Waals surface area contributed by atoms with Gasteiger partial charge in [-0.1, -0.05) is 25.0 Å². The molecule has 0 amide bonds. The first-order valence-electron chi connectivity index (χ1n) is 10.1. The minimum atomic E-state index is -0.599. The van der Waals surface area contributed by atoms with E-state index in [9.17, 15) is 5.11 Å². The fourth-order valence-corrected chi connectivity index (χ4v) is 5.12. The zero-order valence-electron chi connectivity index (χ0n) is 16.9. The smallest absolute Gasteiger partial charge is 0.219 e. The largest absolute Gasteiger partial charge is 0.439 e. The Morgan fingerprint density at radius 2 is 1.93 bits per heavy atom. The predicted molar refractivity (Wildman–Crippen MR) is 115 cm³/mol. The van der Waals surface area contributed by atoms with Crippen molar-refractivity contribution in [1.82, 2.24) is 9.88 Å². The van der Waals surface area contributed by atoms with E-state index in [1.165, 1.54) is 17.5 Å². The number of benzene rings is 1. The Balaban J connectivity index is 0.00000225. The van der Waals surface area contributed by atoms with Gasteiger partial charge in [0.25, 0.3) is 0 Å². The summed E-state index contributed by atoms with van der Waals surface area (Å²) in [6.07, 6.45) is 8.80. The molecule has 0 spiro atoms. The molecule has 0 bridgehead atoms. The Morgan fingerprint density at radius 3 is 2.68 bits per heavy atom. The van der Waals surface area contributed by atoms with Gasteiger partial charge in [0, 0.05) is 17.7 Å². The molecule has 1 aromatic carbocycles. The number of fused-ring (bicyclic) bond motifs is 3. The second kappa shape index (κ2) is 8.40. The van der Waals surface area contributed by atoms with Crippen LogP contribution in [0.1, 0.15) is 49.7 Å². The lowest BCUT2D eigenvalue weighted by Gasteiger charge is -2.55. The molecule has 1 N–H and O–H groups in total. The maximum absolute atomic E-state index is 11.7. The van der Waals surface area contributed by atoms with Crippen molar-refractivity contribution in [3.05, 3.63) is 53.7 Å². The molecule has 1 fully saturated rings. The van der Waals surface area contributed by atoms with Gasteiger partial charge in [-0.3, -0.25) is 0 Å². The summed E-state index contributed by atoms with van der Waals surface area (Å²) in [5.41, 5.74) is 1.89. The Labute approximate surface area is 174 Å². The second-order valence-corrected chi connectivity index (χ2v) is 8.46. The monoisotopic (exact) mass is 402 g/mol. The highest BCUT2D eigenvalue weighted by atomic mass is 35.5. The zero-order valence-corrected chi connectivity index (χ0v) is 17.7. The summed E-state index contributed by atoms with van der Waals surface area (Å²) in [5.74, 6) is 1.42. The van der Waals surface area contributed by atoms with Crippen LogP contribution in [-0.2, 0) is 11.8 Å². The van der Waals surface area contributed by atoms with E-state index in [0.29, 0.717) is 5.88 Å². The van der Waals surface area contributed by atoms with Crippen molar-refractivity contribution in [3.63, 3.8) is 0 Å². The molecule has 5 heteroatoms. The number of pyridine rings is 1. The van der Waals surface area contributed by atoms with Crippen LogP contribution >= 0.6 is 12.4 Å². The second-order valence-electron chi connectivity index (χ2n) is 8.46. The van der Waals surface area contributed by atoms with Gasteiger partial charge in [0.15, 0.2) is 0 Å². The van der Waals surface area contributed by atoms with Gasteiger partial charge in [-0.05, 0) is 82.1 Å². The van der Waals surface area contributed by atoms with E-state index in [4.69, 9.17) is 4.74 Å². The minimum Gasteiger partial charge on any atom is -0.439 e. The van der Waals surface area contributed by atoms with E-state index >= 15 is 0 Å². The van der Waals surface area contributed by atoms with E-state index in [1.54, 1.807) is 6.20 Å². The van der Waals surface area contributed by atoms with Gasteiger partial charge in [0.1, 0.15) is 5.75 Å². The van der Waals surface area contributed by atoms with Gasteiger partial charge in [0.05, 0.1) is 5.60 Å². The molecule has 4 rings (SSSR count). The normalized spacial score (nSPS) is 26.1. The molecule has 152 valence electrons. The lowest BCUT2D eigenvalue weighted by Crippen LogP contribution is -2.57. The van der Waals surface area contributed by atoms with Crippen LogP contribution in [0.15, 0.2) is 42.6 Å². The number of halogens is 1. The minimum absolute atomic E-state index is 0. The molecular formula is C23H31ClN2O2. The number of hydrogen-bond donors (Lipinski definition) is 1. The Morgan fingerprint density at radius 1 is 1.11 bits per heavy atom. The molecule has 2 atom stereocenters. The first kappa shape index (κ1) is 21.1. The summed E-state index contributed by atoms with van der Waals surface area (Å²) in [7, 11) is 4.23. The quantitative estimate of drug-likeness (QED) is 0.784. The van der Waals surface area contributed by atoms with Gasteiger partial charge < -0.3 is 14.7 Å². The molecule has 2 aliphatic carbocycles. The number of aliphatic hydroxyl groups is 1. The van der Waals surface area contributed by atoms with E-state index in [0.717, 1.165) is 50.8 Å². The van der Waals surface area contributed by atoms with Crippen LogP contribution in [0.5, 0.6) is 11.6 Å². The molecule has 0 radical (unpaired) electrons. The molecule has 1 saturated carbocycles. The topological polar surface area (TPSA) is 45.6 Å². The van der Waals surface area contributed by atoms with Crippen LogP contribution in [0.2, 0.25) is 0 Å². The van der Waals surface area contributed by atoms with Gasteiger partial charge in [-0.2, -0.15) is 0 Å². The van der Waals surface area contributed by atoms with Crippen molar-refractivity contribution in [1.29, 1.82) is 0 Å². The highest BCUT2D eigenvalue weighted by molar-refractivity contribution is 5.85. The third-order valence-corrected chi connectivity index (χ3v) is 6.59. The zero-order chi connectivity index (χ0) is 18.9. The molecule has 1 aromatic heterocycles. The van der Waals surface area contributed by atoms with Crippen molar-refractivity contribution in [2.24, 2.45) is 0 Å². The maximum Gasteiger partial charge on any atom is 0.219 e. The molecule has 0 saturated heterocycles. The number of ether oxygens (including phenoxy) is 1. The van der Waals surface area contributed by atoms with E-state index in [1.807, 2.05) is 24.3 Å². The summed E-state index contributed by atoms with van der Waals surface area (Å²) in [6, 6.07) is 12.1. The Hall–Kier alpha value is -1.62. The van der Waals surface area contributed by atoms with Crippen LogP contribution < -0.4 is 4.74 Å². The fraction of sp³-hybridized carbons (Fsp3) is 0.522. The average molecular weight is 403 g/mol. The predicted octanol–water partition coefficient (Wildman–Crippen LogP) is 4.74. The number of rotatable bonds is 5. The first-order valence-corrected chi connectivity index (χ1v) is 10.1. The molecule has 0 aliphatic heterocycles. The summed E-state index contributed by atoms with van der Waals surface area (Å²) in [4.78, 5) is 6.51. The van der Waals surface area contributed by atoms with Crippen molar-refractivity contribution in [2.75, 3.05) is 20.6 Å². The third kappa shape index (κ3) is 3.78. The van der Waals surface area contributed by atoms with E-state index in [-0.39, 0.29) is 17.8 Å². The molecule has 28 heavy (non-hydrogen) atoms. The highest BCUT2D eigenvalue weighted by Crippen LogP contribution is 2.55. The van der Waals surface area contributed by atoms with Crippen LogP contribution in [0.3, 0.4) is 0 Å². The van der Waals surface area contributed by atoms with Crippen LogP contribution in [-0.4, -0.2) is 41.2 Å². The van der Waals surface area contributed by atoms with Crippen LogP contribution in [0, 0.1) is 0 Å². The van der Waals surface area contributed by atoms with Gasteiger partial charge >= 0.3 is 0 Å². The summed E-state index contributed by atoms with van der Waals surface area (Å²) in [5, 5.41) is 11.7. The summed E-state index contributed by atoms with van der Waals surface area (Å²) < 4.78 is 6.02. The van der Waals surface area contributed by atoms with Gasteiger partial charge in [-0.15, -0.1) is 12.4 Å². The standard InChI is InChI=1S/C23H30N2O2.ClH/c1-25(2)16-14-22-11-4-5-12-23(22,26)13-10-18-8-9-19(17-20(18)22)27-21-7-3-6-15-24-21;/h3,6-9,15,17,26H,4-5,10-14,16H2,1-2H3;1H. The fourth-order valence-electron chi connectivity index (χ4n) is 5.12. The maximum atomic E-state index is 11.7. The molecule has 2 aliphatic rings. The molecule has 4 nitrogen and oxygen atoms in total. The molecule has 2 unspecified atom stereocenters. The van der Waals surface area contributed by atoms with Crippen molar-refractivity contribution >= 4 is 12.4 Å². The first-order chi connectivity index (χ1) is 13.0. The number of aromatic nitrogens is 1. The van der Waals surface area contributed by atoms with Crippen molar-refractivity contribution in [3.8, 4) is 11.6 Å². The third-order valence-electron chi connectivity index (χ3n) is 6.59. The van der Waals surface area contributed by atoms with E-state index in [2.05, 4.69) is 36.1 Å². The molecule has 1 heterocycles. The molecular weight excluding hydrogens is 372 g/mol. The lowest BCUT2D eigenvalue weighted by molar-refractivity contribution is -0.0887. The average Bonchev–Trinajstić information content (AvgIpc) is 2.67. The summed E-state index contributed by atoms with van der Waals surface area (Å²) in [6.45, 7) is 0.979. The number of aryl methyl sites for hydroxylation is 1. The SMILES string of the molecule is CN(C)CCC12CCCCC1(O)CCc1ccc(Oc3ccccn3)cc12.Cl. The highest BCUT2D eigenvalue weighted by Gasteiger charge is 2.54. The lowest BCUT2D eigenvalue weighted by atomic mass is 9.53. The Bertz CT molecular complexity index is 798. The Kier molecular flexibility index (Phi) is 6.33. The van der Waals surface area contributed by atoms with E-state index < -0.39 is 5.60 Å². The number of hydrogen-bond acceptors (Lipinski definition) is 4. The van der Waals surface area contributed by atoms with Crippen molar-refractivity contribution < 1.29 is 9.84 Å². The molecule has 2 aromatic rings. The number of nitrogens with zero attached hydrogens (tertiary/aromatic N) is 2.